The molecule has 30 heavy (non-hydrogen) atoms. The van der Waals surface area contributed by atoms with Crippen molar-refractivity contribution in [3.8, 4) is 5.75 Å². The molecule has 0 N–H and O–H groups in total. The van der Waals surface area contributed by atoms with Gasteiger partial charge in [0.25, 0.3) is 0 Å². The number of carbonyl (C=O) groups excluding carboxylic acids is 1. The maximum absolute atomic E-state index is 12.4. The molecule has 3 heteroatoms. The zero-order chi connectivity index (χ0) is 22.2. The third-order valence-corrected chi connectivity index (χ3v) is 6.17. The highest BCUT2D eigenvalue weighted by molar-refractivity contribution is 5.75. The van der Waals surface area contributed by atoms with Gasteiger partial charge in [-0.25, -0.2) is 4.79 Å². The third-order valence-electron chi connectivity index (χ3n) is 6.17. The van der Waals surface area contributed by atoms with Crippen LogP contribution in [-0.2, 0) is 14.9 Å². The maximum atomic E-state index is 12.4. The van der Waals surface area contributed by atoms with Crippen LogP contribution in [0.25, 0.3) is 0 Å². The van der Waals surface area contributed by atoms with Gasteiger partial charge in [-0.3, -0.25) is 0 Å². The summed E-state index contributed by atoms with van der Waals surface area (Å²) in [5.41, 5.74) is 1.44. The third kappa shape index (κ3) is 10.5. The van der Waals surface area contributed by atoms with Crippen LogP contribution in [0, 0.1) is 0 Å². The normalized spacial score (nSPS) is 12.6. The summed E-state index contributed by atoms with van der Waals surface area (Å²) < 4.78 is 11.3. The van der Waals surface area contributed by atoms with E-state index in [4.69, 9.17) is 9.47 Å². The number of benzene rings is 1. The average molecular weight is 419 g/mol. The molecular weight excluding hydrogens is 372 g/mol. The summed E-state index contributed by atoms with van der Waals surface area (Å²) in [7, 11) is 0. The molecule has 0 bridgehead atoms. The monoisotopic (exact) mass is 418 g/mol. The minimum absolute atomic E-state index is 0.148. The molecule has 0 amide bonds. The second-order valence-electron chi connectivity index (χ2n) is 9.09. The van der Waals surface area contributed by atoms with Crippen molar-refractivity contribution < 1.29 is 14.3 Å². The predicted molar refractivity (Wildman–Crippen MR) is 127 cm³/mol. The van der Waals surface area contributed by atoms with Gasteiger partial charge < -0.3 is 9.47 Å². The van der Waals surface area contributed by atoms with Gasteiger partial charge in [0.05, 0.1) is 6.61 Å². The van der Waals surface area contributed by atoms with Gasteiger partial charge in [0.15, 0.2) is 6.10 Å². The average Bonchev–Trinajstić information content (AvgIpc) is 2.74. The van der Waals surface area contributed by atoms with E-state index in [0.29, 0.717) is 6.61 Å². The van der Waals surface area contributed by atoms with Crippen molar-refractivity contribution in [1.29, 1.82) is 0 Å². The molecule has 0 saturated heterocycles. The van der Waals surface area contributed by atoms with Gasteiger partial charge in [0, 0.05) is 0 Å². The highest BCUT2D eigenvalue weighted by Crippen LogP contribution is 2.28. The first-order chi connectivity index (χ1) is 14.4. The van der Waals surface area contributed by atoms with Crippen LogP contribution in [0.4, 0.5) is 0 Å². The fraction of sp³-hybridized carbons (Fsp3) is 0.741. The Kier molecular flexibility index (Phi) is 13.5. The van der Waals surface area contributed by atoms with Crippen LogP contribution in [-0.4, -0.2) is 18.7 Å². The fourth-order valence-corrected chi connectivity index (χ4v) is 3.63. The van der Waals surface area contributed by atoms with Crippen LogP contribution in [0.3, 0.4) is 0 Å². The molecule has 3 nitrogen and oxygen atoms in total. The van der Waals surface area contributed by atoms with Crippen LogP contribution in [0.1, 0.15) is 117 Å². The van der Waals surface area contributed by atoms with Crippen molar-refractivity contribution in [2.24, 2.45) is 0 Å². The van der Waals surface area contributed by atoms with Gasteiger partial charge in [-0.05, 0) is 49.3 Å². The van der Waals surface area contributed by atoms with Crippen molar-refractivity contribution in [3.63, 3.8) is 0 Å². The molecule has 172 valence electrons. The van der Waals surface area contributed by atoms with E-state index in [0.717, 1.165) is 31.4 Å². The predicted octanol–water partition coefficient (Wildman–Crippen LogP) is 8.00. The van der Waals surface area contributed by atoms with E-state index in [9.17, 15) is 4.79 Å². The van der Waals surface area contributed by atoms with Gasteiger partial charge >= 0.3 is 5.97 Å². The zero-order valence-corrected chi connectivity index (χ0v) is 20.3. The summed E-state index contributed by atoms with van der Waals surface area (Å²) in [6.07, 6.45) is 14.1. The summed E-state index contributed by atoms with van der Waals surface area (Å²) in [6.45, 7) is 11.2. The van der Waals surface area contributed by atoms with Gasteiger partial charge in [-0.15, -0.1) is 0 Å². The Balaban J connectivity index is 2.42. The lowest BCUT2D eigenvalue weighted by Crippen LogP contribution is -2.29. The number of unbranched alkanes of at least 4 members (excludes halogenated alkanes) is 9. The highest BCUT2D eigenvalue weighted by Gasteiger charge is 2.22. The fourth-order valence-electron chi connectivity index (χ4n) is 3.63. The topological polar surface area (TPSA) is 35.5 Å². The van der Waals surface area contributed by atoms with Gasteiger partial charge in [0.1, 0.15) is 5.75 Å². The van der Waals surface area contributed by atoms with Crippen molar-refractivity contribution >= 4 is 5.97 Å². The molecule has 0 spiro atoms. The molecule has 1 aromatic rings. The number of esters is 1. The van der Waals surface area contributed by atoms with E-state index < -0.39 is 6.10 Å². The highest BCUT2D eigenvalue weighted by atomic mass is 16.6. The second kappa shape index (κ2) is 15.3. The molecule has 0 aliphatic heterocycles. The summed E-state index contributed by atoms with van der Waals surface area (Å²) in [5.74, 6) is 0.502. The van der Waals surface area contributed by atoms with E-state index >= 15 is 0 Å². The first-order valence-corrected chi connectivity index (χ1v) is 12.4. The van der Waals surface area contributed by atoms with Crippen LogP contribution in [0.5, 0.6) is 5.75 Å². The quantitative estimate of drug-likeness (QED) is 0.190. The van der Waals surface area contributed by atoms with Gasteiger partial charge in [-0.2, -0.15) is 0 Å². The van der Waals surface area contributed by atoms with Gasteiger partial charge in [0.2, 0.25) is 0 Å². The molecule has 0 fully saturated rings. The summed E-state index contributed by atoms with van der Waals surface area (Å²) in [4.78, 5) is 12.4. The lowest BCUT2D eigenvalue weighted by molar-refractivity contribution is -0.151. The Labute approximate surface area is 185 Å². The first-order valence-electron chi connectivity index (χ1n) is 12.4. The van der Waals surface area contributed by atoms with Crippen molar-refractivity contribution in [2.45, 2.75) is 123 Å². The number of hydrogen-bond donors (Lipinski definition) is 0. The molecular formula is C27H46O3. The lowest BCUT2D eigenvalue weighted by Gasteiger charge is -2.24. The minimum Gasteiger partial charge on any atom is -0.479 e. The summed E-state index contributed by atoms with van der Waals surface area (Å²) in [6, 6.07) is 8.19. The molecule has 1 atom stereocenters. The van der Waals surface area contributed by atoms with E-state index in [2.05, 4.69) is 39.8 Å². The van der Waals surface area contributed by atoms with Crippen LogP contribution < -0.4 is 4.74 Å². The second-order valence-corrected chi connectivity index (χ2v) is 9.09. The minimum atomic E-state index is -0.510. The molecule has 0 aliphatic carbocycles. The number of ether oxygens (including phenoxy) is 2. The molecule has 0 heterocycles. The Bertz CT molecular complexity index is 562. The Morgan fingerprint density at radius 1 is 0.833 bits per heavy atom. The van der Waals surface area contributed by atoms with Crippen LogP contribution in [0.2, 0.25) is 0 Å². The van der Waals surface area contributed by atoms with Crippen molar-refractivity contribution in [2.75, 3.05) is 6.61 Å². The number of rotatable bonds is 17. The van der Waals surface area contributed by atoms with E-state index in [1.165, 1.54) is 56.9 Å². The largest absolute Gasteiger partial charge is 0.479 e. The van der Waals surface area contributed by atoms with Crippen molar-refractivity contribution in [3.05, 3.63) is 29.8 Å². The number of carbonyl (C=O) groups is 1. The Hall–Kier alpha value is -1.51. The first kappa shape index (κ1) is 26.5. The van der Waals surface area contributed by atoms with Crippen molar-refractivity contribution in [1.82, 2.24) is 0 Å². The summed E-state index contributed by atoms with van der Waals surface area (Å²) in [5, 5.41) is 0. The van der Waals surface area contributed by atoms with Crippen LogP contribution >= 0.6 is 0 Å². The maximum Gasteiger partial charge on any atom is 0.347 e. The molecule has 0 aromatic heterocycles. The Morgan fingerprint density at radius 3 is 1.87 bits per heavy atom. The lowest BCUT2D eigenvalue weighted by atomic mass is 9.82. The molecule has 1 unspecified atom stereocenters. The number of hydrogen-bond acceptors (Lipinski definition) is 3. The standard InChI is InChI=1S/C27H46O3/c1-6-9-10-11-12-13-14-15-16-17-18-25(26(28)29-8-3)30-24-21-19-23(20-22-24)27(4,5)7-2/h19-22,25H,6-18H2,1-5H3. The summed E-state index contributed by atoms with van der Waals surface area (Å²) >= 11 is 0. The van der Waals surface area contributed by atoms with Gasteiger partial charge in [-0.1, -0.05) is 97.6 Å². The van der Waals surface area contributed by atoms with E-state index in [1.807, 2.05) is 19.1 Å². The molecule has 1 aromatic carbocycles. The zero-order valence-electron chi connectivity index (χ0n) is 20.3. The molecule has 0 aliphatic rings. The molecule has 0 radical (unpaired) electrons. The molecule has 0 saturated carbocycles. The van der Waals surface area contributed by atoms with E-state index in [1.54, 1.807) is 0 Å². The SMILES string of the molecule is CCCCCCCCCCCCC(Oc1ccc(C(C)(C)CC)cc1)C(=O)OCC. The Morgan fingerprint density at radius 2 is 1.37 bits per heavy atom. The smallest absolute Gasteiger partial charge is 0.347 e. The van der Waals surface area contributed by atoms with E-state index in [-0.39, 0.29) is 11.4 Å². The van der Waals surface area contributed by atoms with Crippen LogP contribution in [0.15, 0.2) is 24.3 Å². The molecule has 1 rings (SSSR count).